The molecule has 1 aliphatic heterocycles. The van der Waals surface area contributed by atoms with Crippen molar-refractivity contribution in [1.29, 1.82) is 0 Å². The van der Waals surface area contributed by atoms with Crippen molar-refractivity contribution in [3.05, 3.63) is 0 Å². The lowest BCUT2D eigenvalue weighted by molar-refractivity contribution is -0.136. The monoisotopic (exact) mass is 368 g/mol. The van der Waals surface area contributed by atoms with E-state index in [4.69, 9.17) is 6.42 Å². The van der Waals surface area contributed by atoms with Crippen molar-refractivity contribution < 1.29 is 13.6 Å². The molecule has 2 aliphatic rings. The van der Waals surface area contributed by atoms with E-state index in [1.165, 1.54) is 0 Å². The minimum absolute atomic E-state index is 0.0413. The zero-order valence-electron chi connectivity index (χ0n) is 17.0. The molecule has 2 rings (SSSR count). The molecule has 1 N–H and O–H groups in total. The Morgan fingerprint density at radius 1 is 1.27 bits per heavy atom. The predicted octanol–water partition coefficient (Wildman–Crippen LogP) is 4.07. The zero-order chi connectivity index (χ0) is 19.9. The van der Waals surface area contributed by atoms with Crippen molar-refractivity contribution in [3.8, 4) is 12.3 Å². The number of terminal acetylenes is 1. The lowest BCUT2D eigenvalue weighted by Gasteiger charge is -2.45. The molecule has 0 aromatic heterocycles. The number of amides is 1. The first-order chi connectivity index (χ1) is 11.8. The Bertz CT molecular complexity index is 568. The quantitative estimate of drug-likeness (QED) is 0.762. The smallest absolute Gasteiger partial charge is 0.259 e. The SMILES string of the molecule is C#C[C@@H]1[C@@H](CNC(=O)C2CCCC2(F)F)C[C@@H](C(C)(C)C)N1C(C)(C)C. The molecule has 3 nitrogen and oxygen atoms in total. The maximum atomic E-state index is 13.8. The molecule has 1 amide bonds. The first-order valence-corrected chi connectivity index (χ1v) is 9.69. The average molecular weight is 369 g/mol. The zero-order valence-corrected chi connectivity index (χ0v) is 17.0. The summed E-state index contributed by atoms with van der Waals surface area (Å²) in [7, 11) is 0. The standard InChI is InChI=1S/C21H34F2N2O/c1-8-16-14(12-17(19(2,3)4)25(16)20(5,6)7)13-24-18(26)15-10-9-11-21(15,22)23/h1,14-17H,9-13H2,2-7H3,(H,24,26)/t14-,15?,16-,17+/m1/s1. The number of likely N-dealkylation sites (tertiary alicyclic amines) is 1. The molecule has 0 bridgehead atoms. The number of alkyl halides is 2. The fourth-order valence-electron chi connectivity index (χ4n) is 4.62. The molecular weight excluding hydrogens is 334 g/mol. The number of carbonyl (C=O) groups is 1. The summed E-state index contributed by atoms with van der Waals surface area (Å²) in [6, 6.07) is 0.169. The molecule has 4 atom stereocenters. The molecular formula is C21H34F2N2O. The Labute approximate surface area is 157 Å². The molecule has 0 radical (unpaired) electrons. The van der Waals surface area contributed by atoms with Crippen LogP contribution in [0.15, 0.2) is 0 Å². The van der Waals surface area contributed by atoms with Crippen molar-refractivity contribution in [2.24, 2.45) is 17.3 Å². The van der Waals surface area contributed by atoms with Crippen LogP contribution in [-0.4, -0.2) is 40.9 Å². The third-order valence-electron chi connectivity index (χ3n) is 5.92. The maximum absolute atomic E-state index is 13.8. The molecule has 1 heterocycles. The minimum atomic E-state index is -2.88. The third kappa shape index (κ3) is 4.22. The normalized spacial score (nSPS) is 32.4. The second-order valence-electron chi connectivity index (χ2n) is 10.0. The second kappa shape index (κ2) is 7.11. The van der Waals surface area contributed by atoms with Gasteiger partial charge in [-0.15, -0.1) is 6.42 Å². The Morgan fingerprint density at radius 2 is 1.88 bits per heavy atom. The van der Waals surface area contributed by atoms with Gasteiger partial charge in [-0.3, -0.25) is 9.69 Å². The van der Waals surface area contributed by atoms with Crippen molar-refractivity contribution in [1.82, 2.24) is 10.2 Å². The van der Waals surface area contributed by atoms with Crippen LogP contribution in [0.5, 0.6) is 0 Å². The van der Waals surface area contributed by atoms with E-state index in [0.717, 1.165) is 6.42 Å². The first-order valence-electron chi connectivity index (χ1n) is 9.69. The van der Waals surface area contributed by atoms with E-state index in [0.29, 0.717) is 13.0 Å². The number of rotatable bonds is 3. The van der Waals surface area contributed by atoms with E-state index in [1.807, 2.05) is 0 Å². The summed E-state index contributed by atoms with van der Waals surface area (Å²) in [4.78, 5) is 14.7. The van der Waals surface area contributed by atoms with Crippen LogP contribution in [0.2, 0.25) is 0 Å². The number of hydrogen-bond donors (Lipinski definition) is 1. The minimum Gasteiger partial charge on any atom is -0.355 e. The van der Waals surface area contributed by atoms with Crippen molar-refractivity contribution >= 4 is 5.91 Å². The van der Waals surface area contributed by atoms with Gasteiger partial charge in [0.25, 0.3) is 5.92 Å². The van der Waals surface area contributed by atoms with Gasteiger partial charge in [-0.05, 0) is 45.4 Å². The highest BCUT2D eigenvalue weighted by molar-refractivity contribution is 5.80. The molecule has 26 heavy (non-hydrogen) atoms. The van der Waals surface area contributed by atoms with Crippen LogP contribution in [0.25, 0.3) is 0 Å². The molecule has 0 aromatic rings. The molecule has 2 fully saturated rings. The van der Waals surface area contributed by atoms with Gasteiger partial charge in [-0.1, -0.05) is 26.7 Å². The molecule has 1 aliphatic carbocycles. The highest BCUT2D eigenvalue weighted by atomic mass is 19.3. The summed E-state index contributed by atoms with van der Waals surface area (Å²) in [5.41, 5.74) is -0.0636. The van der Waals surface area contributed by atoms with Crippen LogP contribution in [0.1, 0.15) is 67.2 Å². The summed E-state index contributed by atoms with van der Waals surface area (Å²) < 4.78 is 27.7. The Kier molecular flexibility index (Phi) is 5.78. The van der Waals surface area contributed by atoms with E-state index < -0.39 is 17.7 Å². The van der Waals surface area contributed by atoms with Gasteiger partial charge in [-0.25, -0.2) is 8.78 Å². The van der Waals surface area contributed by atoms with Crippen LogP contribution in [0.3, 0.4) is 0 Å². The summed E-state index contributed by atoms with van der Waals surface area (Å²) in [6.07, 6.45) is 7.21. The number of halogens is 2. The first kappa shape index (κ1) is 21.2. The lowest BCUT2D eigenvalue weighted by Crippen LogP contribution is -2.53. The number of nitrogens with zero attached hydrogens (tertiary/aromatic N) is 1. The fourth-order valence-corrected chi connectivity index (χ4v) is 4.62. The third-order valence-corrected chi connectivity index (χ3v) is 5.92. The van der Waals surface area contributed by atoms with E-state index in [-0.39, 0.29) is 41.8 Å². The van der Waals surface area contributed by atoms with E-state index >= 15 is 0 Å². The van der Waals surface area contributed by atoms with Gasteiger partial charge < -0.3 is 5.32 Å². The van der Waals surface area contributed by atoms with E-state index in [1.54, 1.807) is 0 Å². The fraction of sp³-hybridized carbons (Fsp3) is 0.857. The summed E-state index contributed by atoms with van der Waals surface area (Å²) >= 11 is 0. The van der Waals surface area contributed by atoms with Gasteiger partial charge in [0.2, 0.25) is 5.91 Å². The Morgan fingerprint density at radius 3 is 2.31 bits per heavy atom. The number of nitrogens with one attached hydrogen (secondary N) is 1. The van der Waals surface area contributed by atoms with Crippen LogP contribution in [-0.2, 0) is 4.79 Å². The van der Waals surface area contributed by atoms with Gasteiger partial charge in [-0.2, -0.15) is 0 Å². The van der Waals surface area contributed by atoms with Crippen LogP contribution in [0, 0.1) is 29.6 Å². The highest BCUT2D eigenvalue weighted by Gasteiger charge is 2.50. The topological polar surface area (TPSA) is 32.3 Å². The molecule has 1 saturated heterocycles. The predicted molar refractivity (Wildman–Crippen MR) is 101 cm³/mol. The molecule has 1 unspecified atom stereocenters. The molecule has 5 heteroatoms. The van der Waals surface area contributed by atoms with Gasteiger partial charge in [0.1, 0.15) is 5.92 Å². The van der Waals surface area contributed by atoms with E-state index in [9.17, 15) is 13.6 Å². The van der Waals surface area contributed by atoms with Gasteiger partial charge in [0.15, 0.2) is 0 Å². The van der Waals surface area contributed by atoms with Crippen LogP contribution in [0.4, 0.5) is 8.78 Å². The van der Waals surface area contributed by atoms with E-state index in [2.05, 4.69) is 57.7 Å². The highest BCUT2D eigenvalue weighted by Crippen LogP contribution is 2.43. The van der Waals surface area contributed by atoms with Gasteiger partial charge >= 0.3 is 0 Å². The average Bonchev–Trinajstić information content (AvgIpc) is 3.03. The van der Waals surface area contributed by atoms with Crippen molar-refractivity contribution in [3.63, 3.8) is 0 Å². The Balaban J connectivity index is 2.12. The number of hydrogen-bond acceptors (Lipinski definition) is 2. The summed E-state index contributed by atoms with van der Waals surface area (Å²) in [6.45, 7) is 13.4. The lowest BCUT2D eigenvalue weighted by atomic mass is 9.82. The second-order valence-corrected chi connectivity index (χ2v) is 10.0. The molecule has 0 aromatic carbocycles. The molecule has 0 spiro atoms. The van der Waals surface area contributed by atoms with Crippen molar-refractivity contribution in [2.45, 2.75) is 90.8 Å². The summed E-state index contributed by atoms with van der Waals surface area (Å²) in [5.74, 6) is -1.61. The maximum Gasteiger partial charge on any atom is 0.259 e. The van der Waals surface area contributed by atoms with Crippen LogP contribution >= 0.6 is 0 Å². The number of carbonyl (C=O) groups excluding carboxylic acids is 1. The van der Waals surface area contributed by atoms with Crippen LogP contribution < -0.4 is 5.32 Å². The van der Waals surface area contributed by atoms with Crippen molar-refractivity contribution in [2.75, 3.05) is 6.54 Å². The molecule has 148 valence electrons. The molecule has 1 saturated carbocycles. The van der Waals surface area contributed by atoms with Gasteiger partial charge in [0, 0.05) is 30.5 Å². The summed E-state index contributed by atoms with van der Waals surface area (Å²) in [5, 5.41) is 2.79. The van der Waals surface area contributed by atoms with Gasteiger partial charge in [0.05, 0.1) is 6.04 Å². The Hall–Kier alpha value is -1.15. The largest absolute Gasteiger partial charge is 0.355 e.